The van der Waals surface area contributed by atoms with Gasteiger partial charge < -0.3 is 4.74 Å². The van der Waals surface area contributed by atoms with E-state index in [1.165, 1.54) is 5.56 Å². The largest absolute Gasteiger partial charge is 0.426 e. The number of hydrogen-bond donors (Lipinski definition) is 2. The lowest BCUT2D eigenvalue weighted by Gasteiger charge is -2.18. The van der Waals surface area contributed by atoms with Crippen molar-refractivity contribution in [3.05, 3.63) is 29.8 Å². The molecule has 1 aromatic rings. The van der Waals surface area contributed by atoms with Gasteiger partial charge in [-0.2, -0.15) is 0 Å². The van der Waals surface area contributed by atoms with Gasteiger partial charge in [-0.1, -0.05) is 32.9 Å². The second kappa shape index (κ2) is 4.31. The van der Waals surface area contributed by atoms with Crippen LogP contribution in [0, 0.1) is 0 Å². The quantitative estimate of drug-likeness (QED) is 0.421. The Balaban J connectivity index is 2.77. The first-order valence-corrected chi connectivity index (χ1v) is 4.72. The van der Waals surface area contributed by atoms with Crippen LogP contribution in [-0.2, 0) is 5.41 Å². The van der Waals surface area contributed by atoms with Crippen LogP contribution in [0.2, 0.25) is 0 Å². The van der Waals surface area contributed by atoms with E-state index in [1.807, 2.05) is 17.6 Å². The highest BCUT2D eigenvalue weighted by atomic mass is 16.6. The third kappa shape index (κ3) is 3.25. The third-order valence-corrected chi connectivity index (χ3v) is 2.05. The van der Waals surface area contributed by atoms with Crippen molar-refractivity contribution >= 4 is 6.09 Å². The molecule has 3 N–H and O–H groups in total. The summed E-state index contributed by atoms with van der Waals surface area (Å²) in [5.74, 6) is 5.37. The number of rotatable bonds is 1. The zero-order valence-corrected chi connectivity index (χ0v) is 9.20. The minimum Gasteiger partial charge on any atom is -0.409 e. The van der Waals surface area contributed by atoms with Crippen molar-refractivity contribution in [3.63, 3.8) is 0 Å². The molecule has 1 rings (SSSR count). The average Bonchev–Trinajstić information content (AvgIpc) is 2.17. The van der Waals surface area contributed by atoms with Crippen molar-refractivity contribution < 1.29 is 9.53 Å². The smallest absolute Gasteiger partial charge is 0.409 e. The van der Waals surface area contributed by atoms with Crippen molar-refractivity contribution in [2.24, 2.45) is 5.84 Å². The average molecular weight is 208 g/mol. The molecule has 4 nitrogen and oxygen atoms in total. The molecule has 0 radical (unpaired) electrons. The standard InChI is InChI=1S/C11H16N2O2/c1-11(2,3)8-4-6-9(7-5-8)15-10(14)13-12/h4-7H,12H2,1-3H3,(H,13,14). The Labute approximate surface area is 89.4 Å². The summed E-state index contributed by atoms with van der Waals surface area (Å²) in [5.41, 5.74) is 3.17. The van der Waals surface area contributed by atoms with Crippen LogP contribution in [0.1, 0.15) is 26.3 Å². The fourth-order valence-electron chi connectivity index (χ4n) is 1.16. The normalized spacial score (nSPS) is 10.9. The van der Waals surface area contributed by atoms with Gasteiger partial charge in [0.05, 0.1) is 0 Å². The van der Waals surface area contributed by atoms with Crippen molar-refractivity contribution in [1.82, 2.24) is 5.43 Å². The number of carbonyl (C=O) groups excluding carboxylic acids is 1. The highest BCUT2D eigenvalue weighted by Gasteiger charge is 2.13. The fourth-order valence-corrected chi connectivity index (χ4v) is 1.16. The van der Waals surface area contributed by atoms with Crippen LogP contribution in [0.5, 0.6) is 5.75 Å². The number of ether oxygens (including phenoxy) is 1. The van der Waals surface area contributed by atoms with Crippen LogP contribution < -0.4 is 16.0 Å². The molecule has 0 saturated carbocycles. The van der Waals surface area contributed by atoms with Gasteiger partial charge >= 0.3 is 6.09 Å². The van der Waals surface area contributed by atoms with E-state index in [0.717, 1.165) is 0 Å². The van der Waals surface area contributed by atoms with Crippen molar-refractivity contribution in [2.75, 3.05) is 0 Å². The molecule has 1 amide bonds. The minimum absolute atomic E-state index is 0.0919. The molecule has 0 aliphatic rings. The first-order valence-electron chi connectivity index (χ1n) is 4.72. The molecule has 0 unspecified atom stereocenters. The van der Waals surface area contributed by atoms with Gasteiger partial charge in [0.2, 0.25) is 0 Å². The lowest BCUT2D eigenvalue weighted by molar-refractivity contribution is 0.200. The Hall–Kier alpha value is -1.55. The Morgan fingerprint density at radius 2 is 1.80 bits per heavy atom. The molecule has 0 bridgehead atoms. The molecule has 0 spiro atoms. The summed E-state index contributed by atoms with van der Waals surface area (Å²) in [5, 5.41) is 0. The maximum absolute atomic E-state index is 10.8. The summed E-state index contributed by atoms with van der Waals surface area (Å²) < 4.78 is 4.86. The number of hydrazine groups is 1. The van der Waals surface area contributed by atoms with Crippen molar-refractivity contribution in [3.8, 4) is 5.75 Å². The van der Waals surface area contributed by atoms with E-state index in [2.05, 4.69) is 20.8 Å². The van der Waals surface area contributed by atoms with Crippen LogP contribution in [-0.4, -0.2) is 6.09 Å². The molecule has 4 heteroatoms. The van der Waals surface area contributed by atoms with Gasteiger partial charge in [-0.05, 0) is 23.1 Å². The number of amides is 1. The number of nitrogens with one attached hydrogen (secondary N) is 1. The van der Waals surface area contributed by atoms with E-state index in [1.54, 1.807) is 12.1 Å². The van der Waals surface area contributed by atoms with E-state index in [-0.39, 0.29) is 5.41 Å². The zero-order valence-electron chi connectivity index (χ0n) is 9.20. The second-order valence-corrected chi connectivity index (χ2v) is 4.31. The molecule has 82 valence electrons. The van der Waals surface area contributed by atoms with Crippen LogP contribution in [0.25, 0.3) is 0 Å². The highest BCUT2D eigenvalue weighted by molar-refractivity contribution is 5.69. The van der Waals surface area contributed by atoms with E-state index in [9.17, 15) is 4.79 Å². The summed E-state index contributed by atoms with van der Waals surface area (Å²) >= 11 is 0. The Kier molecular flexibility index (Phi) is 3.31. The SMILES string of the molecule is CC(C)(C)c1ccc(OC(=O)NN)cc1. The summed E-state index contributed by atoms with van der Waals surface area (Å²) in [6.45, 7) is 6.36. The molecule has 0 heterocycles. The van der Waals surface area contributed by atoms with E-state index in [0.29, 0.717) is 5.75 Å². The molecular formula is C11H16N2O2. The molecule has 0 saturated heterocycles. The third-order valence-electron chi connectivity index (χ3n) is 2.05. The molecule has 15 heavy (non-hydrogen) atoms. The van der Waals surface area contributed by atoms with Gasteiger partial charge in [-0.15, -0.1) is 0 Å². The second-order valence-electron chi connectivity index (χ2n) is 4.31. The van der Waals surface area contributed by atoms with Crippen LogP contribution in [0.3, 0.4) is 0 Å². The number of carbonyl (C=O) groups is 1. The Morgan fingerprint density at radius 1 is 1.27 bits per heavy atom. The van der Waals surface area contributed by atoms with Crippen molar-refractivity contribution in [2.45, 2.75) is 26.2 Å². The van der Waals surface area contributed by atoms with E-state index in [4.69, 9.17) is 10.6 Å². The highest BCUT2D eigenvalue weighted by Crippen LogP contribution is 2.24. The summed E-state index contributed by atoms with van der Waals surface area (Å²) in [7, 11) is 0. The predicted octanol–water partition coefficient (Wildman–Crippen LogP) is 1.95. The van der Waals surface area contributed by atoms with Crippen LogP contribution >= 0.6 is 0 Å². The predicted molar refractivity (Wildman–Crippen MR) is 58.5 cm³/mol. The van der Waals surface area contributed by atoms with Gasteiger partial charge in [0.1, 0.15) is 5.75 Å². The molecule has 0 atom stereocenters. The monoisotopic (exact) mass is 208 g/mol. The van der Waals surface area contributed by atoms with Gasteiger partial charge in [0.15, 0.2) is 0 Å². The maximum atomic E-state index is 10.8. The van der Waals surface area contributed by atoms with Crippen molar-refractivity contribution in [1.29, 1.82) is 0 Å². The summed E-state index contributed by atoms with van der Waals surface area (Å²) in [6, 6.07) is 7.35. The fraction of sp³-hybridized carbons (Fsp3) is 0.364. The lowest BCUT2D eigenvalue weighted by Crippen LogP contribution is -2.32. The molecule has 0 aromatic heterocycles. The van der Waals surface area contributed by atoms with Gasteiger partial charge in [0, 0.05) is 0 Å². The molecule has 0 aliphatic carbocycles. The van der Waals surface area contributed by atoms with Gasteiger partial charge in [0.25, 0.3) is 0 Å². The Bertz CT molecular complexity index is 339. The topological polar surface area (TPSA) is 64.3 Å². The number of nitrogens with two attached hydrogens (primary N) is 1. The van der Waals surface area contributed by atoms with Crippen LogP contribution in [0.4, 0.5) is 4.79 Å². The van der Waals surface area contributed by atoms with Gasteiger partial charge in [-0.3, -0.25) is 5.43 Å². The van der Waals surface area contributed by atoms with E-state index >= 15 is 0 Å². The first kappa shape index (κ1) is 11.5. The summed E-state index contributed by atoms with van der Waals surface area (Å²) in [4.78, 5) is 10.8. The molecule has 0 aliphatic heterocycles. The van der Waals surface area contributed by atoms with Crippen LogP contribution in [0.15, 0.2) is 24.3 Å². The first-order chi connectivity index (χ1) is 6.93. The molecule has 0 fully saturated rings. The van der Waals surface area contributed by atoms with Gasteiger partial charge in [-0.25, -0.2) is 10.6 Å². The Morgan fingerprint density at radius 3 is 2.20 bits per heavy atom. The summed E-state index contributed by atoms with van der Waals surface area (Å²) in [6.07, 6.45) is -0.668. The minimum atomic E-state index is -0.668. The number of hydrogen-bond acceptors (Lipinski definition) is 3. The lowest BCUT2D eigenvalue weighted by atomic mass is 9.87. The molecule has 1 aromatic carbocycles. The molecular weight excluding hydrogens is 192 g/mol. The van der Waals surface area contributed by atoms with E-state index < -0.39 is 6.09 Å². The number of benzene rings is 1. The zero-order chi connectivity index (χ0) is 11.5. The maximum Gasteiger partial charge on any atom is 0.426 e.